The van der Waals surface area contributed by atoms with Crippen LogP contribution in [0.5, 0.6) is 0 Å². The zero-order valence-electron chi connectivity index (χ0n) is 24.5. The van der Waals surface area contributed by atoms with Crippen molar-refractivity contribution >= 4 is 12.0 Å². The van der Waals surface area contributed by atoms with Crippen LogP contribution < -0.4 is 16.4 Å². The Balaban J connectivity index is 1.63. The van der Waals surface area contributed by atoms with Gasteiger partial charge in [-0.15, -0.1) is 0 Å². The third-order valence-electron chi connectivity index (χ3n) is 6.52. The molecule has 0 saturated carbocycles. The Morgan fingerprint density at radius 2 is 1.27 bits per heavy atom. The van der Waals surface area contributed by atoms with Crippen molar-refractivity contribution in [1.29, 1.82) is 0 Å². The number of nitrogens with zero attached hydrogens (tertiary/aromatic N) is 1. The first-order chi connectivity index (χ1) is 19.8. The minimum atomic E-state index is -0.606. The molecule has 0 unspecified atom stereocenters. The summed E-state index contributed by atoms with van der Waals surface area (Å²) in [5.74, 6) is -0.0258. The zero-order chi connectivity index (χ0) is 29.6. The lowest BCUT2D eigenvalue weighted by molar-refractivity contribution is -0.132. The summed E-state index contributed by atoms with van der Waals surface area (Å²) in [5.41, 5.74) is 8.05. The number of nitrogens with one attached hydrogen (secondary N) is 2. The van der Waals surface area contributed by atoms with E-state index in [1.165, 1.54) is 0 Å². The first-order valence-electron chi connectivity index (χ1n) is 14.2. The van der Waals surface area contributed by atoms with Gasteiger partial charge in [0.1, 0.15) is 5.60 Å². The van der Waals surface area contributed by atoms with E-state index < -0.39 is 17.2 Å². The summed E-state index contributed by atoms with van der Waals surface area (Å²) in [6.07, 6.45) is -0.260. The highest BCUT2D eigenvalue weighted by Gasteiger charge is 2.35. The van der Waals surface area contributed by atoms with Gasteiger partial charge in [-0.3, -0.25) is 10.1 Å². The lowest BCUT2D eigenvalue weighted by Gasteiger charge is -2.38. The van der Waals surface area contributed by atoms with E-state index in [0.717, 1.165) is 16.7 Å². The lowest BCUT2D eigenvalue weighted by Crippen LogP contribution is -2.49. The fraction of sp³-hybridized carbons (Fsp3) is 0.394. The van der Waals surface area contributed by atoms with Gasteiger partial charge in [0.25, 0.3) is 0 Å². The van der Waals surface area contributed by atoms with Crippen molar-refractivity contribution in [3.8, 4) is 0 Å². The third kappa shape index (κ3) is 9.70. The summed E-state index contributed by atoms with van der Waals surface area (Å²) >= 11 is 0. The average Bonchev–Trinajstić information content (AvgIpc) is 2.97. The number of amides is 2. The molecule has 3 aromatic rings. The summed E-state index contributed by atoms with van der Waals surface area (Å²) in [7, 11) is 0. The Bertz CT molecular complexity index is 1090. The van der Waals surface area contributed by atoms with Crippen LogP contribution in [0.25, 0.3) is 0 Å². The van der Waals surface area contributed by atoms with Gasteiger partial charge < -0.3 is 25.4 Å². The van der Waals surface area contributed by atoms with Gasteiger partial charge in [-0.05, 0) is 37.5 Å². The van der Waals surface area contributed by atoms with Crippen molar-refractivity contribution in [2.24, 2.45) is 5.73 Å². The van der Waals surface area contributed by atoms with Crippen molar-refractivity contribution in [3.63, 3.8) is 0 Å². The molecule has 3 aromatic carbocycles. The van der Waals surface area contributed by atoms with Crippen LogP contribution in [-0.2, 0) is 19.8 Å². The SMILES string of the molecule is CC(C)(C)OC(=O)NCCOCCC(=O)N(CCN)CCNC(c1ccccc1)(c1ccccc1)c1ccccc1. The molecule has 0 aliphatic rings. The highest BCUT2D eigenvalue weighted by Crippen LogP contribution is 2.36. The Labute approximate surface area is 244 Å². The number of nitrogens with two attached hydrogens (primary N) is 1. The predicted molar refractivity (Wildman–Crippen MR) is 163 cm³/mol. The van der Waals surface area contributed by atoms with E-state index >= 15 is 0 Å². The van der Waals surface area contributed by atoms with Gasteiger partial charge >= 0.3 is 6.09 Å². The molecule has 2 amide bonds. The Morgan fingerprint density at radius 3 is 1.73 bits per heavy atom. The molecule has 0 saturated heterocycles. The first-order valence-corrected chi connectivity index (χ1v) is 14.2. The van der Waals surface area contributed by atoms with Gasteiger partial charge in [0.05, 0.1) is 25.2 Å². The maximum Gasteiger partial charge on any atom is 0.407 e. The Hall–Kier alpha value is -3.72. The number of carbonyl (C=O) groups excluding carboxylic acids is 2. The molecule has 41 heavy (non-hydrogen) atoms. The van der Waals surface area contributed by atoms with Crippen LogP contribution in [-0.4, -0.2) is 68.4 Å². The van der Waals surface area contributed by atoms with Gasteiger partial charge in [0.2, 0.25) is 5.91 Å². The molecule has 220 valence electrons. The van der Waals surface area contributed by atoms with Crippen molar-refractivity contribution in [2.45, 2.75) is 38.3 Å². The van der Waals surface area contributed by atoms with E-state index in [0.29, 0.717) is 39.3 Å². The quantitative estimate of drug-likeness (QED) is 0.189. The molecule has 0 fully saturated rings. The van der Waals surface area contributed by atoms with Crippen LogP contribution in [0.3, 0.4) is 0 Å². The lowest BCUT2D eigenvalue weighted by atomic mass is 9.77. The number of benzene rings is 3. The van der Waals surface area contributed by atoms with Gasteiger partial charge in [-0.1, -0.05) is 91.0 Å². The molecular formula is C33H44N4O4. The zero-order valence-corrected chi connectivity index (χ0v) is 24.5. The molecule has 0 spiro atoms. The summed E-state index contributed by atoms with van der Waals surface area (Å²) in [6, 6.07) is 31.1. The van der Waals surface area contributed by atoms with Gasteiger partial charge in [0, 0.05) is 32.7 Å². The third-order valence-corrected chi connectivity index (χ3v) is 6.52. The van der Waals surface area contributed by atoms with Crippen LogP contribution in [0.1, 0.15) is 43.9 Å². The van der Waals surface area contributed by atoms with E-state index in [9.17, 15) is 9.59 Å². The smallest absolute Gasteiger partial charge is 0.407 e. The van der Waals surface area contributed by atoms with E-state index in [1.54, 1.807) is 4.90 Å². The average molecular weight is 561 g/mol. The first kappa shape index (κ1) is 31.8. The predicted octanol–water partition coefficient (Wildman–Crippen LogP) is 4.29. The molecule has 8 nitrogen and oxygen atoms in total. The second-order valence-electron chi connectivity index (χ2n) is 10.7. The van der Waals surface area contributed by atoms with Crippen molar-refractivity contribution in [1.82, 2.24) is 15.5 Å². The highest BCUT2D eigenvalue weighted by molar-refractivity contribution is 5.76. The molecule has 0 atom stereocenters. The topological polar surface area (TPSA) is 106 Å². The molecule has 3 rings (SSSR count). The standard InChI is InChI=1S/C33H44N4O4/c1-32(2,3)41-31(39)35-22-26-40-25-19-30(38)37(23-20-34)24-21-36-33(27-13-7-4-8-14-27,28-15-9-5-10-16-28)29-17-11-6-12-18-29/h4-18,36H,19-26,34H2,1-3H3,(H,35,39). The molecule has 0 heterocycles. The number of alkyl carbamates (subject to hydrolysis) is 1. The Morgan fingerprint density at radius 1 is 0.756 bits per heavy atom. The molecule has 8 heteroatoms. The van der Waals surface area contributed by atoms with Gasteiger partial charge in [-0.25, -0.2) is 4.79 Å². The molecule has 0 radical (unpaired) electrons. The van der Waals surface area contributed by atoms with Gasteiger partial charge in [-0.2, -0.15) is 0 Å². The molecule has 4 N–H and O–H groups in total. The number of rotatable bonds is 15. The fourth-order valence-electron chi connectivity index (χ4n) is 4.73. The van der Waals surface area contributed by atoms with Crippen LogP contribution in [0.15, 0.2) is 91.0 Å². The summed E-state index contributed by atoms with van der Waals surface area (Å²) < 4.78 is 10.8. The molecular weight excluding hydrogens is 516 g/mol. The number of ether oxygens (including phenoxy) is 2. The summed E-state index contributed by atoms with van der Waals surface area (Å²) in [4.78, 5) is 26.6. The van der Waals surface area contributed by atoms with Crippen molar-refractivity contribution < 1.29 is 19.1 Å². The Kier molecular flexibility index (Phi) is 12.3. The number of hydrogen-bond acceptors (Lipinski definition) is 6. The normalized spacial score (nSPS) is 11.6. The maximum atomic E-state index is 13.1. The van der Waals surface area contributed by atoms with E-state index in [2.05, 4.69) is 47.0 Å². The summed E-state index contributed by atoms with van der Waals surface area (Å²) in [6.45, 7) is 8.13. The van der Waals surface area contributed by atoms with Crippen LogP contribution in [0.4, 0.5) is 4.79 Å². The second-order valence-corrected chi connectivity index (χ2v) is 10.7. The minimum absolute atomic E-state index is 0.0258. The number of carbonyl (C=O) groups is 2. The van der Waals surface area contributed by atoms with E-state index in [4.69, 9.17) is 15.2 Å². The summed E-state index contributed by atoms with van der Waals surface area (Å²) in [5, 5.41) is 6.47. The maximum absolute atomic E-state index is 13.1. The molecule has 0 bridgehead atoms. The van der Waals surface area contributed by atoms with E-state index in [1.807, 2.05) is 75.4 Å². The molecule has 0 aromatic heterocycles. The largest absolute Gasteiger partial charge is 0.444 e. The monoisotopic (exact) mass is 560 g/mol. The van der Waals surface area contributed by atoms with Crippen LogP contribution >= 0.6 is 0 Å². The van der Waals surface area contributed by atoms with Crippen LogP contribution in [0, 0.1) is 0 Å². The van der Waals surface area contributed by atoms with E-state index in [-0.39, 0.29) is 18.9 Å². The van der Waals surface area contributed by atoms with Crippen molar-refractivity contribution in [3.05, 3.63) is 108 Å². The number of hydrogen-bond donors (Lipinski definition) is 3. The van der Waals surface area contributed by atoms with Gasteiger partial charge in [0.15, 0.2) is 0 Å². The second kappa shape index (κ2) is 15.9. The van der Waals surface area contributed by atoms with Crippen LogP contribution in [0.2, 0.25) is 0 Å². The minimum Gasteiger partial charge on any atom is -0.444 e. The fourth-order valence-corrected chi connectivity index (χ4v) is 4.73. The highest BCUT2D eigenvalue weighted by atomic mass is 16.6. The van der Waals surface area contributed by atoms with Crippen molar-refractivity contribution in [2.75, 3.05) is 45.9 Å². The molecule has 0 aliphatic heterocycles. The molecule has 0 aliphatic carbocycles.